The molecular formula is C21H34N2OS. The van der Waals surface area contributed by atoms with E-state index in [1.165, 1.54) is 76.4 Å². The zero-order chi connectivity index (χ0) is 17.3. The van der Waals surface area contributed by atoms with E-state index in [1.807, 2.05) is 0 Å². The molecule has 2 fully saturated rings. The van der Waals surface area contributed by atoms with Crippen LogP contribution in [0.4, 0.5) is 0 Å². The van der Waals surface area contributed by atoms with Gasteiger partial charge in [0.15, 0.2) is 0 Å². The van der Waals surface area contributed by atoms with E-state index in [-0.39, 0.29) is 0 Å². The van der Waals surface area contributed by atoms with Gasteiger partial charge in [-0.05, 0) is 74.1 Å². The normalized spacial score (nSPS) is 20.3. The van der Waals surface area contributed by atoms with Crippen LogP contribution in [-0.4, -0.2) is 47.9 Å². The smallest absolute Gasteiger partial charge is 0.227 e. The van der Waals surface area contributed by atoms with Gasteiger partial charge < -0.3 is 9.80 Å². The number of nitrogens with zero attached hydrogens (tertiary/aromatic N) is 2. The maximum Gasteiger partial charge on any atom is 0.227 e. The first-order valence-electron chi connectivity index (χ1n) is 10.4. The van der Waals surface area contributed by atoms with Gasteiger partial charge in [0.05, 0.1) is 6.42 Å². The van der Waals surface area contributed by atoms with E-state index in [9.17, 15) is 4.79 Å². The third kappa shape index (κ3) is 6.10. The van der Waals surface area contributed by atoms with Gasteiger partial charge in [-0.15, -0.1) is 0 Å². The second-order valence-corrected chi connectivity index (χ2v) is 8.58. The van der Waals surface area contributed by atoms with Crippen LogP contribution in [0.15, 0.2) is 16.8 Å². The number of rotatable bonds is 7. The van der Waals surface area contributed by atoms with Crippen LogP contribution in [0.3, 0.4) is 0 Å². The third-order valence-corrected chi connectivity index (χ3v) is 6.58. The number of likely N-dealkylation sites (tertiary alicyclic amines) is 1. The Kier molecular flexibility index (Phi) is 7.81. The first-order chi connectivity index (χ1) is 12.3. The van der Waals surface area contributed by atoms with Crippen molar-refractivity contribution in [2.24, 2.45) is 0 Å². The Morgan fingerprint density at radius 2 is 1.80 bits per heavy atom. The standard InChI is InChI=1S/C21H34N2OS/c24-21(17-19-11-16-25-18-19)23(20-9-4-3-5-10-20)15-8-14-22-12-6-1-2-7-13-22/h11,16,18,20H,1-10,12-15,17H2. The SMILES string of the molecule is O=C(Cc1ccsc1)N(CCCN1CCCCCC1)C1CCCCC1. The minimum absolute atomic E-state index is 0.348. The van der Waals surface area contributed by atoms with Crippen LogP contribution in [-0.2, 0) is 11.2 Å². The molecule has 140 valence electrons. The Balaban J connectivity index is 1.52. The molecule has 0 spiro atoms. The van der Waals surface area contributed by atoms with Gasteiger partial charge in [-0.25, -0.2) is 0 Å². The summed E-state index contributed by atoms with van der Waals surface area (Å²) < 4.78 is 0. The molecule has 1 aliphatic heterocycles. The molecule has 0 aromatic carbocycles. The molecule has 25 heavy (non-hydrogen) atoms. The summed E-state index contributed by atoms with van der Waals surface area (Å²) in [5, 5.41) is 4.20. The van der Waals surface area contributed by atoms with Crippen molar-refractivity contribution in [2.45, 2.75) is 76.7 Å². The van der Waals surface area contributed by atoms with Gasteiger partial charge in [0.25, 0.3) is 0 Å². The number of carbonyl (C=O) groups is 1. The first-order valence-corrected chi connectivity index (χ1v) is 11.3. The maximum atomic E-state index is 13.0. The lowest BCUT2D eigenvalue weighted by molar-refractivity contribution is -0.133. The van der Waals surface area contributed by atoms with Crippen LogP contribution < -0.4 is 0 Å². The Labute approximate surface area is 157 Å². The summed E-state index contributed by atoms with van der Waals surface area (Å²) in [6, 6.07) is 2.59. The summed E-state index contributed by atoms with van der Waals surface area (Å²) in [6.07, 6.45) is 13.5. The molecule has 2 heterocycles. The van der Waals surface area contributed by atoms with Gasteiger partial charge in [-0.1, -0.05) is 32.1 Å². The summed E-state index contributed by atoms with van der Waals surface area (Å²) in [6.45, 7) is 4.62. The maximum absolute atomic E-state index is 13.0. The Morgan fingerprint density at radius 1 is 1.08 bits per heavy atom. The average molecular weight is 363 g/mol. The molecule has 3 nitrogen and oxygen atoms in total. The largest absolute Gasteiger partial charge is 0.339 e. The summed E-state index contributed by atoms with van der Waals surface area (Å²) in [5.74, 6) is 0.348. The van der Waals surface area contributed by atoms with Gasteiger partial charge in [-0.3, -0.25) is 4.79 Å². The summed E-state index contributed by atoms with van der Waals surface area (Å²) in [5.41, 5.74) is 1.18. The quantitative estimate of drug-likeness (QED) is 0.701. The molecule has 1 aliphatic carbocycles. The van der Waals surface area contributed by atoms with E-state index in [4.69, 9.17) is 0 Å². The molecule has 1 amide bonds. The molecule has 1 aromatic rings. The number of hydrogen-bond acceptors (Lipinski definition) is 3. The average Bonchev–Trinajstić information content (AvgIpc) is 3.00. The molecule has 0 radical (unpaired) electrons. The number of carbonyl (C=O) groups excluding carboxylic acids is 1. The second kappa shape index (κ2) is 10.3. The van der Waals surface area contributed by atoms with Crippen LogP contribution in [0.5, 0.6) is 0 Å². The molecule has 0 atom stereocenters. The van der Waals surface area contributed by atoms with Crippen LogP contribution in [0.1, 0.15) is 69.8 Å². The topological polar surface area (TPSA) is 23.6 Å². The van der Waals surface area contributed by atoms with Gasteiger partial charge >= 0.3 is 0 Å². The highest BCUT2D eigenvalue weighted by Gasteiger charge is 2.25. The van der Waals surface area contributed by atoms with E-state index in [0.29, 0.717) is 18.4 Å². The van der Waals surface area contributed by atoms with Crippen molar-refractivity contribution in [3.8, 4) is 0 Å². The van der Waals surface area contributed by atoms with Crippen LogP contribution >= 0.6 is 11.3 Å². The molecule has 4 heteroatoms. The highest BCUT2D eigenvalue weighted by atomic mass is 32.1. The monoisotopic (exact) mass is 362 g/mol. The third-order valence-electron chi connectivity index (χ3n) is 5.84. The summed E-state index contributed by atoms with van der Waals surface area (Å²) in [7, 11) is 0. The Morgan fingerprint density at radius 3 is 2.48 bits per heavy atom. The zero-order valence-corrected chi connectivity index (χ0v) is 16.4. The number of hydrogen-bond donors (Lipinski definition) is 0. The number of amides is 1. The van der Waals surface area contributed by atoms with Crippen molar-refractivity contribution in [1.82, 2.24) is 9.80 Å². The van der Waals surface area contributed by atoms with Gasteiger partial charge in [0.1, 0.15) is 0 Å². The second-order valence-electron chi connectivity index (χ2n) is 7.80. The van der Waals surface area contributed by atoms with Crippen molar-refractivity contribution in [2.75, 3.05) is 26.2 Å². The molecule has 1 aromatic heterocycles. The Bertz CT molecular complexity index is 488. The lowest BCUT2D eigenvalue weighted by Gasteiger charge is -2.35. The van der Waals surface area contributed by atoms with Gasteiger partial charge in [-0.2, -0.15) is 11.3 Å². The lowest BCUT2D eigenvalue weighted by Crippen LogP contribution is -2.43. The lowest BCUT2D eigenvalue weighted by atomic mass is 9.93. The van der Waals surface area contributed by atoms with Crippen molar-refractivity contribution >= 4 is 17.2 Å². The van der Waals surface area contributed by atoms with E-state index in [2.05, 4.69) is 26.6 Å². The van der Waals surface area contributed by atoms with Crippen molar-refractivity contribution in [1.29, 1.82) is 0 Å². The summed E-state index contributed by atoms with van der Waals surface area (Å²) in [4.78, 5) is 17.8. The highest BCUT2D eigenvalue weighted by molar-refractivity contribution is 7.07. The molecule has 1 saturated carbocycles. The molecule has 2 aliphatic rings. The first kappa shape index (κ1) is 18.9. The van der Waals surface area contributed by atoms with Crippen molar-refractivity contribution in [3.05, 3.63) is 22.4 Å². The van der Waals surface area contributed by atoms with Crippen molar-refractivity contribution in [3.63, 3.8) is 0 Å². The fraction of sp³-hybridized carbons (Fsp3) is 0.762. The van der Waals surface area contributed by atoms with Crippen molar-refractivity contribution < 1.29 is 4.79 Å². The van der Waals surface area contributed by atoms with E-state index < -0.39 is 0 Å². The molecule has 0 unspecified atom stereocenters. The van der Waals surface area contributed by atoms with Crippen LogP contribution in [0, 0.1) is 0 Å². The minimum Gasteiger partial charge on any atom is -0.339 e. The van der Waals surface area contributed by atoms with Gasteiger partial charge in [0.2, 0.25) is 5.91 Å². The predicted octanol–water partition coefficient (Wildman–Crippen LogP) is 4.72. The molecular weight excluding hydrogens is 328 g/mol. The zero-order valence-electron chi connectivity index (χ0n) is 15.6. The van der Waals surface area contributed by atoms with E-state index >= 15 is 0 Å². The molecule has 1 saturated heterocycles. The fourth-order valence-corrected chi connectivity index (χ4v) is 5.07. The van der Waals surface area contributed by atoms with Crippen LogP contribution in [0.25, 0.3) is 0 Å². The predicted molar refractivity (Wildman–Crippen MR) is 106 cm³/mol. The molecule has 0 bridgehead atoms. The van der Waals surface area contributed by atoms with E-state index in [1.54, 1.807) is 11.3 Å². The molecule has 0 N–H and O–H groups in total. The Hall–Kier alpha value is -0.870. The minimum atomic E-state index is 0.348. The highest BCUT2D eigenvalue weighted by Crippen LogP contribution is 2.24. The van der Waals surface area contributed by atoms with Crippen LogP contribution in [0.2, 0.25) is 0 Å². The van der Waals surface area contributed by atoms with E-state index in [0.717, 1.165) is 19.5 Å². The molecule has 3 rings (SSSR count). The number of thiophene rings is 1. The summed E-state index contributed by atoms with van der Waals surface area (Å²) >= 11 is 1.69. The fourth-order valence-electron chi connectivity index (χ4n) is 4.40. The van der Waals surface area contributed by atoms with Gasteiger partial charge in [0, 0.05) is 12.6 Å².